The van der Waals surface area contributed by atoms with Gasteiger partial charge in [0.05, 0.1) is 5.54 Å². The van der Waals surface area contributed by atoms with Gasteiger partial charge in [0.15, 0.2) is 0 Å². The van der Waals surface area contributed by atoms with E-state index in [2.05, 4.69) is 19.2 Å². The van der Waals surface area contributed by atoms with Crippen LogP contribution >= 0.6 is 0 Å². The predicted molar refractivity (Wildman–Crippen MR) is 95.5 cm³/mol. The number of hydrogen-bond acceptors (Lipinski definition) is 3. The van der Waals surface area contributed by atoms with Crippen molar-refractivity contribution in [3.8, 4) is 0 Å². The van der Waals surface area contributed by atoms with Gasteiger partial charge in [-0.1, -0.05) is 32.0 Å². The third-order valence-electron chi connectivity index (χ3n) is 5.28. The largest absolute Gasteiger partial charge is 0.349 e. The third-order valence-corrected chi connectivity index (χ3v) is 5.28. The third kappa shape index (κ3) is 4.15. The molecule has 1 aliphatic heterocycles. The second-order valence-electron chi connectivity index (χ2n) is 7.20. The highest BCUT2D eigenvalue weighted by molar-refractivity contribution is 5.94. The molecule has 0 spiro atoms. The summed E-state index contributed by atoms with van der Waals surface area (Å²) in [6.07, 6.45) is 1.40. The number of hydrogen-bond donors (Lipinski definition) is 2. The zero-order valence-corrected chi connectivity index (χ0v) is 14.9. The average molecular weight is 331 g/mol. The van der Waals surface area contributed by atoms with Crippen molar-refractivity contribution in [1.82, 2.24) is 10.2 Å². The first-order valence-corrected chi connectivity index (χ1v) is 8.74. The molecule has 1 aromatic carbocycles. The van der Waals surface area contributed by atoms with Crippen LogP contribution in [0.1, 0.15) is 44.0 Å². The molecule has 5 nitrogen and oxygen atoms in total. The van der Waals surface area contributed by atoms with Gasteiger partial charge >= 0.3 is 0 Å². The van der Waals surface area contributed by atoms with Gasteiger partial charge in [-0.3, -0.25) is 9.59 Å². The molecular formula is C19H29N3O2. The Balaban J connectivity index is 1.90. The first-order chi connectivity index (χ1) is 11.4. The van der Waals surface area contributed by atoms with Gasteiger partial charge in [0.25, 0.3) is 5.91 Å². The van der Waals surface area contributed by atoms with Gasteiger partial charge in [-0.15, -0.1) is 0 Å². The fraction of sp³-hybridized carbons (Fsp3) is 0.579. The number of nitrogens with two attached hydrogens (primary N) is 1. The van der Waals surface area contributed by atoms with Crippen molar-refractivity contribution in [2.45, 2.75) is 39.2 Å². The van der Waals surface area contributed by atoms with E-state index in [9.17, 15) is 9.59 Å². The molecule has 2 amide bonds. The average Bonchev–Trinajstić information content (AvgIpc) is 2.61. The van der Waals surface area contributed by atoms with Gasteiger partial charge in [-0.25, -0.2) is 0 Å². The number of benzene rings is 1. The first-order valence-electron chi connectivity index (χ1n) is 8.74. The maximum atomic E-state index is 12.6. The van der Waals surface area contributed by atoms with Gasteiger partial charge in [-0.2, -0.15) is 0 Å². The smallest absolute Gasteiger partial charge is 0.253 e. The Morgan fingerprint density at radius 2 is 1.83 bits per heavy atom. The molecular weight excluding hydrogens is 302 g/mol. The number of carbonyl (C=O) groups is 2. The van der Waals surface area contributed by atoms with E-state index in [1.54, 1.807) is 0 Å². The molecule has 1 atom stereocenters. The highest BCUT2D eigenvalue weighted by atomic mass is 16.2. The second-order valence-corrected chi connectivity index (χ2v) is 7.20. The van der Waals surface area contributed by atoms with Crippen molar-refractivity contribution in [3.63, 3.8) is 0 Å². The van der Waals surface area contributed by atoms with Crippen LogP contribution in [0.4, 0.5) is 0 Å². The number of piperidine rings is 1. The van der Waals surface area contributed by atoms with Crippen molar-refractivity contribution in [1.29, 1.82) is 0 Å². The Kier molecular flexibility index (Phi) is 5.99. The Morgan fingerprint density at radius 1 is 1.25 bits per heavy atom. The van der Waals surface area contributed by atoms with Crippen LogP contribution in [0, 0.1) is 11.8 Å². The zero-order chi connectivity index (χ0) is 17.7. The summed E-state index contributed by atoms with van der Waals surface area (Å²) in [5, 5.41) is 3.12. The van der Waals surface area contributed by atoms with E-state index in [0.29, 0.717) is 38.0 Å². The van der Waals surface area contributed by atoms with Gasteiger partial charge in [0.1, 0.15) is 0 Å². The molecule has 1 heterocycles. The van der Waals surface area contributed by atoms with Gasteiger partial charge in [0.2, 0.25) is 5.91 Å². The van der Waals surface area contributed by atoms with Crippen LogP contribution in [0.3, 0.4) is 0 Å². The van der Waals surface area contributed by atoms with Crippen molar-refractivity contribution in [2.75, 3.05) is 19.6 Å². The van der Waals surface area contributed by atoms with Crippen molar-refractivity contribution >= 4 is 11.8 Å². The Morgan fingerprint density at radius 3 is 2.33 bits per heavy atom. The van der Waals surface area contributed by atoms with E-state index >= 15 is 0 Å². The molecule has 0 aromatic heterocycles. The molecule has 1 saturated heterocycles. The molecule has 1 aliphatic rings. The lowest BCUT2D eigenvalue weighted by molar-refractivity contribution is -0.128. The minimum Gasteiger partial charge on any atom is -0.349 e. The van der Waals surface area contributed by atoms with Crippen LogP contribution < -0.4 is 11.1 Å². The number of rotatable bonds is 5. The minimum absolute atomic E-state index is 0.0448. The van der Waals surface area contributed by atoms with Gasteiger partial charge in [-0.05, 0) is 37.8 Å². The number of nitrogens with one attached hydrogen (secondary N) is 1. The summed E-state index contributed by atoms with van der Waals surface area (Å²) < 4.78 is 0. The molecule has 0 aliphatic carbocycles. The van der Waals surface area contributed by atoms with Crippen LogP contribution in [0.15, 0.2) is 30.3 Å². The van der Waals surface area contributed by atoms with Crippen LogP contribution in [-0.4, -0.2) is 41.9 Å². The van der Waals surface area contributed by atoms with E-state index in [0.717, 1.165) is 0 Å². The SMILES string of the molecule is CC(C)C(C)(CN)NC(=O)C1CCN(C(=O)c2ccccc2)CC1. The molecule has 1 fully saturated rings. The highest BCUT2D eigenvalue weighted by Gasteiger charge is 2.33. The van der Waals surface area contributed by atoms with Crippen molar-refractivity contribution in [2.24, 2.45) is 17.6 Å². The number of likely N-dealkylation sites (tertiary alicyclic amines) is 1. The van der Waals surface area contributed by atoms with Gasteiger partial charge in [0, 0.05) is 31.1 Å². The lowest BCUT2D eigenvalue weighted by atomic mass is 9.86. The van der Waals surface area contributed by atoms with E-state index in [-0.39, 0.29) is 29.2 Å². The Labute approximate surface area is 144 Å². The zero-order valence-electron chi connectivity index (χ0n) is 14.9. The lowest BCUT2D eigenvalue weighted by Gasteiger charge is -2.37. The molecule has 1 aromatic rings. The summed E-state index contributed by atoms with van der Waals surface area (Å²) >= 11 is 0. The number of carbonyl (C=O) groups excluding carboxylic acids is 2. The van der Waals surface area contributed by atoms with Crippen LogP contribution in [0.25, 0.3) is 0 Å². The Bertz CT molecular complexity index is 565. The van der Waals surface area contributed by atoms with E-state index in [4.69, 9.17) is 5.73 Å². The second kappa shape index (κ2) is 7.79. The van der Waals surface area contributed by atoms with Crippen molar-refractivity contribution in [3.05, 3.63) is 35.9 Å². The monoisotopic (exact) mass is 331 g/mol. The molecule has 132 valence electrons. The first kappa shape index (κ1) is 18.5. The van der Waals surface area contributed by atoms with Gasteiger partial charge < -0.3 is 16.0 Å². The fourth-order valence-electron chi connectivity index (χ4n) is 2.92. The molecule has 0 bridgehead atoms. The molecule has 5 heteroatoms. The molecule has 2 rings (SSSR count). The molecule has 24 heavy (non-hydrogen) atoms. The standard InChI is InChI=1S/C19H29N3O2/c1-14(2)19(3,13-20)21-17(23)15-9-11-22(12-10-15)18(24)16-7-5-4-6-8-16/h4-8,14-15H,9-13,20H2,1-3H3,(H,21,23). The summed E-state index contributed by atoms with van der Waals surface area (Å²) in [5.41, 5.74) is 6.17. The molecule has 3 N–H and O–H groups in total. The van der Waals surface area contributed by atoms with E-state index in [1.165, 1.54) is 0 Å². The van der Waals surface area contributed by atoms with Crippen molar-refractivity contribution < 1.29 is 9.59 Å². The fourth-order valence-corrected chi connectivity index (χ4v) is 2.92. The summed E-state index contributed by atoms with van der Waals surface area (Å²) in [6.45, 7) is 7.77. The van der Waals surface area contributed by atoms with E-state index in [1.807, 2.05) is 42.2 Å². The molecule has 0 radical (unpaired) electrons. The summed E-state index contributed by atoms with van der Waals surface area (Å²) in [5.74, 6) is 0.326. The minimum atomic E-state index is -0.381. The molecule has 1 unspecified atom stereocenters. The quantitative estimate of drug-likeness (QED) is 0.867. The topological polar surface area (TPSA) is 75.4 Å². The normalized spacial score (nSPS) is 18.3. The summed E-state index contributed by atoms with van der Waals surface area (Å²) in [6, 6.07) is 9.30. The van der Waals surface area contributed by atoms with Crippen LogP contribution in [0.5, 0.6) is 0 Å². The predicted octanol–water partition coefficient (Wildman–Crippen LogP) is 2.03. The van der Waals surface area contributed by atoms with Crippen LogP contribution in [-0.2, 0) is 4.79 Å². The number of amides is 2. The Hall–Kier alpha value is -1.88. The maximum absolute atomic E-state index is 12.6. The maximum Gasteiger partial charge on any atom is 0.253 e. The summed E-state index contributed by atoms with van der Waals surface area (Å²) in [7, 11) is 0. The summed E-state index contributed by atoms with van der Waals surface area (Å²) in [4.78, 5) is 26.8. The lowest BCUT2D eigenvalue weighted by Crippen LogP contribution is -2.57. The molecule has 0 saturated carbocycles. The van der Waals surface area contributed by atoms with E-state index < -0.39 is 0 Å². The van der Waals surface area contributed by atoms with Crippen LogP contribution in [0.2, 0.25) is 0 Å². The number of nitrogens with zero attached hydrogens (tertiary/aromatic N) is 1. The highest BCUT2D eigenvalue weighted by Crippen LogP contribution is 2.22.